The van der Waals surface area contributed by atoms with Crippen molar-refractivity contribution in [2.45, 2.75) is 12.8 Å². The van der Waals surface area contributed by atoms with E-state index in [0.29, 0.717) is 25.1 Å². The summed E-state index contributed by atoms with van der Waals surface area (Å²) in [6, 6.07) is 5.37. The summed E-state index contributed by atoms with van der Waals surface area (Å²) in [5, 5.41) is 2.63. The molecule has 0 aliphatic heterocycles. The van der Waals surface area contributed by atoms with Gasteiger partial charge in [0.25, 0.3) is 5.91 Å². The van der Waals surface area contributed by atoms with Gasteiger partial charge >= 0.3 is 0 Å². The molecule has 18 heavy (non-hydrogen) atoms. The first-order chi connectivity index (χ1) is 8.72. The van der Waals surface area contributed by atoms with Gasteiger partial charge in [-0.2, -0.15) is 0 Å². The molecule has 0 aromatic heterocycles. The topological polar surface area (TPSA) is 55.4 Å². The lowest BCUT2D eigenvalue weighted by molar-refractivity contribution is -0.122. The number of nitrogens with one attached hydrogen (secondary N) is 1. The van der Waals surface area contributed by atoms with Crippen LogP contribution in [-0.2, 0) is 11.2 Å². The predicted octanol–water partition coefficient (Wildman–Crippen LogP) is 1.50. The fraction of sp³-hybridized carbons (Fsp3) is 0.286. The van der Waals surface area contributed by atoms with Crippen LogP contribution < -0.4 is 10.1 Å². The molecule has 1 aromatic carbocycles. The first-order valence-electron chi connectivity index (χ1n) is 5.88. The molecular weight excluding hydrogens is 230 g/mol. The quantitative estimate of drug-likeness (QED) is 0.800. The van der Waals surface area contributed by atoms with Gasteiger partial charge in [-0.05, 0) is 12.5 Å². The van der Waals surface area contributed by atoms with Gasteiger partial charge in [0, 0.05) is 24.1 Å². The normalized spacial score (nSPS) is 13.0. The van der Waals surface area contributed by atoms with Crippen molar-refractivity contribution in [1.82, 2.24) is 5.32 Å². The van der Waals surface area contributed by atoms with Gasteiger partial charge in [0.15, 0.2) is 12.4 Å². The van der Waals surface area contributed by atoms with E-state index in [1.807, 2.05) is 0 Å². The fourth-order valence-electron chi connectivity index (χ4n) is 1.97. The SMILES string of the molecule is C=CCNC(=O)COc1cccc2c1CCC2=O. The third-order valence-electron chi connectivity index (χ3n) is 2.84. The first-order valence-corrected chi connectivity index (χ1v) is 5.88. The Morgan fingerprint density at radius 1 is 1.44 bits per heavy atom. The van der Waals surface area contributed by atoms with Crippen molar-refractivity contribution in [3.05, 3.63) is 42.0 Å². The Kier molecular flexibility index (Phi) is 3.77. The molecule has 2 rings (SSSR count). The number of fused-ring (bicyclic) bond motifs is 1. The molecule has 4 heteroatoms. The van der Waals surface area contributed by atoms with E-state index < -0.39 is 0 Å². The standard InChI is InChI=1S/C14H15NO3/c1-2-8-15-14(17)9-18-13-5-3-4-10-11(13)6-7-12(10)16/h2-5H,1,6-9H2,(H,15,17). The monoisotopic (exact) mass is 245 g/mol. The Bertz CT molecular complexity index is 494. The zero-order valence-corrected chi connectivity index (χ0v) is 10.1. The minimum Gasteiger partial charge on any atom is -0.483 e. The number of hydrogen-bond donors (Lipinski definition) is 1. The van der Waals surface area contributed by atoms with E-state index in [9.17, 15) is 9.59 Å². The van der Waals surface area contributed by atoms with Crippen LogP contribution in [0.15, 0.2) is 30.9 Å². The zero-order chi connectivity index (χ0) is 13.0. The number of ether oxygens (including phenoxy) is 1. The molecular formula is C14H15NO3. The molecule has 0 bridgehead atoms. The maximum atomic E-state index is 11.6. The van der Waals surface area contributed by atoms with Crippen LogP contribution in [-0.4, -0.2) is 24.8 Å². The van der Waals surface area contributed by atoms with Gasteiger partial charge in [0.1, 0.15) is 5.75 Å². The van der Waals surface area contributed by atoms with E-state index in [0.717, 1.165) is 11.1 Å². The molecule has 0 unspecified atom stereocenters. The van der Waals surface area contributed by atoms with E-state index in [-0.39, 0.29) is 18.3 Å². The van der Waals surface area contributed by atoms with Crippen LogP contribution in [0.25, 0.3) is 0 Å². The number of amides is 1. The van der Waals surface area contributed by atoms with Crippen LogP contribution in [0.2, 0.25) is 0 Å². The molecule has 0 fully saturated rings. The second-order valence-electron chi connectivity index (χ2n) is 4.09. The Hall–Kier alpha value is -2.10. The molecule has 94 valence electrons. The molecule has 0 atom stereocenters. The minimum atomic E-state index is -0.197. The number of carbonyl (C=O) groups is 2. The van der Waals surface area contributed by atoms with Crippen LogP contribution in [0.3, 0.4) is 0 Å². The van der Waals surface area contributed by atoms with Crippen molar-refractivity contribution in [1.29, 1.82) is 0 Å². The van der Waals surface area contributed by atoms with E-state index in [4.69, 9.17) is 4.74 Å². The van der Waals surface area contributed by atoms with E-state index in [2.05, 4.69) is 11.9 Å². The Morgan fingerprint density at radius 2 is 2.28 bits per heavy atom. The maximum Gasteiger partial charge on any atom is 0.258 e. The molecule has 1 aliphatic rings. The largest absolute Gasteiger partial charge is 0.483 e. The Balaban J connectivity index is 2.01. The molecule has 0 saturated heterocycles. The second kappa shape index (κ2) is 5.49. The van der Waals surface area contributed by atoms with Gasteiger partial charge in [-0.3, -0.25) is 9.59 Å². The fourth-order valence-corrected chi connectivity index (χ4v) is 1.97. The number of benzene rings is 1. The summed E-state index contributed by atoms with van der Waals surface area (Å²) >= 11 is 0. The average Bonchev–Trinajstić information content (AvgIpc) is 2.76. The van der Waals surface area contributed by atoms with Crippen molar-refractivity contribution in [3.8, 4) is 5.75 Å². The average molecular weight is 245 g/mol. The van der Waals surface area contributed by atoms with Crippen molar-refractivity contribution in [2.24, 2.45) is 0 Å². The summed E-state index contributed by atoms with van der Waals surface area (Å²) in [5.74, 6) is 0.579. The van der Waals surface area contributed by atoms with E-state index in [1.54, 1.807) is 24.3 Å². The molecule has 0 heterocycles. The summed E-state index contributed by atoms with van der Waals surface area (Å²) < 4.78 is 5.46. The minimum absolute atomic E-state index is 0.0432. The highest BCUT2D eigenvalue weighted by molar-refractivity contribution is 6.01. The van der Waals surface area contributed by atoms with Gasteiger partial charge in [0.05, 0.1) is 0 Å². The summed E-state index contributed by atoms with van der Waals surface area (Å²) in [6.45, 7) is 3.89. The lowest BCUT2D eigenvalue weighted by atomic mass is 10.1. The van der Waals surface area contributed by atoms with Gasteiger partial charge in [-0.25, -0.2) is 0 Å². The van der Waals surface area contributed by atoms with E-state index in [1.165, 1.54) is 0 Å². The van der Waals surface area contributed by atoms with Gasteiger partial charge in [-0.1, -0.05) is 18.2 Å². The van der Waals surface area contributed by atoms with Crippen LogP contribution in [0, 0.1) is 0 Å². The zero-order valence-electron chi connectivity index (χ0n) is 10.1. The van der Waals surface area contributed by atoms with Gasteiger partial charge in [-0.15, -0.1) is 6.58 Å². The molecule has 4 nitrogen and oxygen atoms in total. The van der Waals surface area contributed by atoms with Crippen LogP contribution in [0.5, 0.6) is 5.75 Å². The van der Waals surface area contributed by atoms with Gasteiger partial charge < -0.3 is 10.1 Å². The third-order valence-corrected chi connectivity index (χ3v) is 2.84. The number of hydrogen-bond acceptors (Lipinski definition) is 3. The summed E-state index contributed by atoms with van der Waals surface area (Å²) in [6.07, 6.45) is 2.83. The highest BCUT2D eigenvalue weighted by atomic mass is 16.5. The van der Waals surface area contributed by atoms with Crippen molar-refractivity contribution in [2.75, 3.05) is 13.2 Å². The number of Topliss-reactive ketones (excluding diaryl/α,β-unsaturated/α-hetero) is 1. The number of rotatable bonds is 5. The lowest BCUT2D eigenvalue weighted by Crippen LogP contribution is -2.28. The molecule has 0 saturated carbocycles. The summed E-state index contributed by atoms with van der Waals surface area (Å²) in [7, 11) is 0. The highest BCUT2D eigenvalue weighted by Gasteiger charge is 2.22. The molecule has 1 amide bonds. The number of carbonyl (C=O) groups excluding carboxylic acids is 2. The summed E-state index contributed by atoms with van der Waals surface area (Å²) in [4.78, 5) is 22.9. The van der Waals surface area contributed by atoms with Crippen molar-refractivity contribution < 1.29 is 14.3 Å². The maximum absolute atomic E-state index is 11.6. The van der Waals surface area contributed by atoms with Crippen LogP contribution in [0.1, 0.15) is 22.3 Å². The highest BCUT2D eigenvalue weighted by Crippen LogP contribution is 2.30. The number of ketones is 1. The Morgan fingerprint density at radius 3 is 3.06 bits per heavy atom. The summed E-state index contributed by atoms with van der Waals surface area (Å²) in [5.41, 5.74) is 1.64. The second-order valence-corrected chi connectivity index (χ2v) is 4.09. The van der Waals surface area contributed by atoms with Crippen molar-refractivity contribution in [3.63, 3.8) is 0 Å². The third kappa shape index (κ3) is 2.59. The molecule has 1 aromatic rings. The predicted molar refractivity (Wildman–Crippen MR) is 67.8 cm³/mol. The molecule has 1 N–H and O–H groups in total. The molecule has 0 radical (unpaired) electrons. The van der Waals surface area contributed by atoms with Gasteiger partial charge in [0.2, 0.25) is 0 Å². The van der Waals surface area contributed by atoms with E-state index >= 15 is 0 Å². The molecule has 1 aliphatic carbocycles. The van der Waals surface area contributed by atoms with Crippen molar-refractivity contribution >= 4 is 11.7 Å². The molecule has 0 spiro atoms. The van der Waals surface area contributed by atoms with Crippen LogP contribution >= 0.6 is 0 Å². The first kappa shape index (κ1) is 12.4. The lowest BCUT2D eigenvalue weighted by Gasteiger charge is -2.09. The Labute approximate surface area is 106 Å². The smallest absolute Gasteiger partial charge is 0.258 e. The van der Waals surface area contributed by atoms with Crippen LogP contribution in [0.4, 0.5) is 0 Å².